The van der Waals surface area contributed by atoms with E-state index < -0.39 is 25.3 Å². The number of rotatable bonds is 8. The minimum absolute atomic E-state index is 0.00190. The number of carbonyl (C=O) groups excluding carboxylic acids is 1. The number of hydrogen-bond acceptors (Lipinski definition) is 6. The first-order valence-corrected chi connectivity index (χ1v) is 16.8. The van der Waals surface area contributed by atoms with Gasteiger partial charge in [0.2, 0.25) is 0 Å². The summed E-state index contributed by atoms with van der Waals surface area (Å²) in [5.41, 5.74) is -0.632. The van der Waals surface area contributed by atoms with Crippen molar-refractivity contribution < 1.29 is 23.4 Å². The second-order valence-electron chi connectivity index (χ2n) is 12.0. The molecular formula is C27H39FN2O4SSi. The first-order chi connectivity index (χ1) is 16.6. The van der Waals surface area contributed by atoms with Crippen LogP contribution >= 0.6 is 11.8 Å². The summed E-state index contributed by atoms with van der Waals surface area (Å²) in [7, 11) is 0.338. The Morgan fingerprint density at radius 1 is 1.36 bits per heavy atom. The van der Waals surface area contributed by atoms with Crippen LogP contribution in [0.1, 0.15) is 45.2 Å². The van der Waals surface area contributed by atoms with Crippen LogP contribution in [0.2, 0.25) is 25.7 Å². The number of amidine groups is 1. The number of ether oxygens (including phenoxy) is 3. The van der Waals surface area contributed by atoms with Crippen molar-refractivity contribution in [3.05, 3.63) is 35.1 Å². The van der Waals surface area contributed by atoms with E-state index in [4.69, 9.17) is 25.6 Å². The lowest BCUT2D eigenvalue weighted by Crippen LogP contribution is -2.46. The molecule has 2 aliphatic rings. The molecule has 1 aliphatic carbocycles. The van der Waals surface area contributed by atoms with E-state index in [9.17, 15) is 4.79 Å². The molecule has 36 heavy (non-hydrogen) atoms. The minimum atomic E-state index is -1.31. The number of hydrogen-bond donors (Lipinski definition) is 0. The van der Waals surface area contributed by atoms with Crippen LogP contribution in [0.5, 0.6) is 0 Å². The zero-order chi connectivity index (χ0) is 26.9. The van der Waals surface area contributed by atoms with Gasteiger partial charge in [0.25, 0.3) is 0 Å². The minimum Gasteiger partial charge on any atom is -0.443 e. The van der Waals surface area contributed by atoms with Crippen LogP contribution in [0.3, 0.4) is 0 Å². The number of fused-ring (bicyclic) bond motifs is 1. The zero-order valence-corrected chi connectivity index (χ0v) is 24.6. The van der Waals surface area contributed by atoms with E-state index in [1.165, 1.54) is 22.7 Å². The standard InChI is InChI=1S/C27H39FN2O4SSi/c1-10-19-11-12-21(28)20(15-19)26(5)22-16-27(22,17-32-6)35-23(29-26)30(24(31)34-25(2,3)4)18-33-13-14-36(7,8)9/h1,11-12,15,22H,13-14,16-18H2,2-9H3/t22?,26-,27-/m1/s1. The molecule has 0 N–H and O–H groups in total. The molecule has 0 saturated heterocycles. The van der Waals surface area contributed by atoms with E-state index in [2.05, 4.69) is 25.6 Å². The number of terminal acetylenes is 1. The Morgan fingerprint density at radius 2 is 2.06 bits per heavy atom. The summed E-state index contributed by atoms with van der Waals surface area (Å²) in [6.45, 7) is 15.2. The van der Waals surface area contributed by atoms with E-state index >= 15 is 4.39 Å². The van der Waals surface area contributed by atoms with Crippen molar-refractivity contribution in [1.29, 1.82) is 0 Å². The normalized spacial score (nSPS) is 25.4. The Labute approximate surface area is 220 Å². The third-order valence-electron chi connectivity index (χ3n) is 6.45. The van der Waals surface area contributed by atoms with Crippen LogP contribution in [0.25, 0.3) is 0 Å². The van der Waals surface area contributed by atoms with Crippen molar-refractivity contribution in [2.45, 2.75) is 75.7 Å². The molecule has 0 spiro atoms. The molecule has 1 aliphatic heterocycles. The van der Waals surface area contributed by atoms with Crippen molar-refractivity contribution >= 4 is 31.1 Å². The molecule has 198 valence electrons. The number of thioether (sulfide) groups is 1. The SMILES string of the molecule is C#Cc1ccc(F)c([C@@]2(C)N=C(N(COCC[Si](C)(C)C)C(=O)OC(C)(C)C)S[C@@]3(COC)CC32)c1. The third-order valence-corrected chi connectivity index (χ3v) is 9.63. The van der Waals surface area contributed by atoms with Crippen molar-refractivity contribution in [2.24, 2.45) is 10.9 Å². The fraction of sp³-hybridized carbons (Fsp3) is 0.630. The predicted molar refractivity (Wildman–Crippen MR) is 146 cm³/mol. The molecule has 1 aromatic carbocycles. The van der Waals surface area contributed by atoms with Gasteiger partial charge in [-0.1, -0.05) is 37.3 Å². The molecule has 1 heterocycles. The van der Waals surface area contributed by atoms with Crippen LogP contribution in [0.4, 0.5) is 9.18 Å². The number of aliphatic imine (C=N–C) groups is 1. The van der Waals surface area contributed by atoms with E-state index in [0.717, 1.165) is 12.5 Å². The molecule has 9 heteroatoms. The van der Waals surface area contributed by atoms with Gasteiger partial charge in [-0.25, -0.2) is 14.1 Å². The summed E-state index contributed by atoms with van der Waals surface area (Å²) >= 11 is 1.49. The van der Waals surface area contributed by atoms with Gasteiger partial charge >= 0.3 is 6.09 Å². The molecule has 0 aromatic heterocycles. The summed E-state index contributed by atoms with van der Waals surface area (Å²) in [5.74, 6) is 2.24. The van der Waals surface area contributed by atoms with Gasteiger partial charge in [-0.2, -0.15) is 0 Å². The number of benzene rings is 1. The summed E-state index contributed by atoms with van der Waals surface area (Å²) in [6.07, 6.45) is 5.84. The smallest absolute Gasteiger partial charge is 0.418 e. The summed E-state index contributed by atoms with van der Waals surface area (Å²) < 4.78 is 32.1. The number of carbonyl (C=O) groups is 1. The van der Waals surface area contributed by atoms with Gasteiger partial charge in [-0.15, -0.1) is 6.42 Å². The van der Waals surface area contributed by atoms with Crippen LogP contribution in [0, 0.1) is 24.1 Å². The third kappa shape index (κ3) is 6.52. The molecule has 0 bridgehead atoms. The topological polar surface area (TPSA) is 60.4 Å². The Morgan fingerprint density at radius 3 is 2.64 bits per heavy atom. The molecule has 1 aromatic rings. The summed E-state index contributed by atoms with van der Waals surface area (Å²) in [4.78, 5) is 19.8. The first-order valence-electron chi connectivity index (χ1n) is 12.3. The lowest BCUT2D eigenvalue weighted by Gasteiger charge is -2.38. The predicted octanol–water partition coefficient (Wildman–Crippen LogP) is 6.08. The zero-order valence-electron chi connectivity index (χ0n) is 22.7. The van der Waals surface area contributed by atoms with Gasteiger partial charge < -0.3 is 14.2 Å². The van der Waals surface area contributed by atoms with E-state index in [-0.39, 0.29) is 23.2 Å². The van der Waals surface area contributed by atoms with Crippen LogP contribution < -0.4 is 0 Å². The second-order valence-corrected chi connectivity index (χ2v) is 19.0. The molecule has 0 radical (unpaired) electrons. The highest BCUT2D eigenvalue weighted by molar-refractivity contribution is 8.15. The maximum Gasteiger partial charge on any atom is 0.418 e. The van der Waals surface area contributed by atoms with Crippen LogP contribution in [0.15, 0.2) is 23.2 Å². The fourth-order valence-electron chi connectivity index (χ4n) is 4.43. The highest BCUT2D eigenvalue weighted by Crippen LogP contribution is 2.66. The van der Waals surface area contributed by atoms with Gasteiger partial charge in [0.15, 0.2) is 5.17 Å². The van der Waals surface area contributed by atoms with E-state index in [1.54, 1.807) is 19.2 Å². The number of halogens is 1. The number of methoxy groups -OCH3 is 1. The Bertz CT molecular complexity index is 1060. The van der Waals surface area contributed by atoms with Crippen molar-refractivity contribution in [3.8, 4) is 12.3 Å². The first kappa shape index (κ1) is 28.7. The van der Waals surface area contributed by atoms with E-state index in [1.807, 2.05) is 27.7 Å². The fourth-order valence-corrected chi connectivity index (χ4v) is 6.82. The van der Waals surface area contributed by atoms with Gasteiger partial charge in [0.1, 0.15) is 18.1 Å². The van der Waals surface area contributed by atoms with Crippen LogP contribution in [-0.2, 0) is 19.7 Å². The number of amides is 1. The maximum absolute atomic E-state index is 15.2. The average Bonchev–Trinajstić information content (AvgIpc) is 3.47. The highest BCUT2D eigenvalue weighted by atomic mass is 32.2. The lowest BCUT2D eigenvalue weighted by atomic mass is 9.85. The van der Waals surface area contributed by atoms with Crippen molar-refractivity contribution in [2.75, 3.05) is 27.1 Å². The molecule has 3 atom stereocenters. The molecule has 1 fully saturated rings. The monoisotopic (exact) mass is 534 g/mol. The second kappa shape index (κ2) is 10.5. The van der Waals surface area contributed by atoms with E-state index in [0.29, 0.717) is 29.5 Å². The molecule has 1 unspecified atom stereocenters. The van der Waals surface area contributed by atoms with Crippen molar-refractivity contribution in [1.82, 2.24) is 4.90 Å². The molecular weight excluding hydrogens is 495 g/mol. The number of nitrogens with zero attached hydrogens (tertiary/aromatic N) is 2. The molecule has 3 rings (SSSR count). The maximum atomic E-state index is 15.2. The Balaban J connectivity index is 2.03. The highest BCUT2D eigenvalue weighted by Gasteiger charge is 2.67. The van der Waals surface area contributed by atoms with Gasteiger partial charge in [-0.3, -0.25) is 4.99 Å². The van der Waals surface area contributed by atoms with Gasteiger partial charge in [0.05, 0.1) is 16.9 Å². The summed E-state index contributed by atoms with van der Waals surface area (Å²) in [5, 5.41) is 0.441. The molecule has 6 nitrogen and oxygen atoms in total. The average molecular weight is 535 g/mol. The largest absolute Gasteiger partial charge is 0.443 e. The summed E-state index contributed by atoms with van der Waals surface area (Å²) in [6, 6.07) is 5.62. The quantitative estimate of drug-likeness (QED) is 0.175. The lowest BCUT2D eigenvalue weighted by molar-refractivity contribution is 0.0110. The van der Waals surface area contributed by atoms with Crippen molar-refractivity contribution in [3.63, 3.8) is 0 Å². The molecule has 1 amide bonds. The molecule has 1 saturated carbocycles. The Hall–Kier alpha value is -1.86. The Kier molecular flexibility index (Phi) is 8.36. The van der Waals surface area contributed by atoms with Crippen LogP contribution in [-0.4, -0.2) is 61.6 Å². The van der Waals surface area contributed by atoms with Gasteiger partial charge in [0, 0.05) is 38.8 Å². The van der Waals surface area contributed by atoms with Gasteiger partial charge in [-0.05, 0) is 58.4 Å².